The van der Waals surface area contributed by atoms with Crippen molar-refractivity contribution in [2.45, 2.75) is 24.9 Å². The van der Waals surface area contributed by atoms with E-state index in [4.69, 9.17) is 0 Å². The lowest BCUT2D eigenvalue weighted by Gasteiger charge is -2.45. The predicted octanol–water partition coefficient (Wildman–Crippen LogP) is 4.08. The van der Waals surface area contributed by atoms with E-state index in [0.717, 1.165) is 42.6 Å². The Labute approximate surface area is 150 Å². The smallest absolute Gasteiger partial charge is 0.319 e. The lowest BCUT2D eigenvalue weighted by molar-refractivity contribution is 0.132. The van der Waals surface area contributed by atoms with Gasteiger partial charge >= 0.3 is 6.03 Å². The summed E-state index contributed by atoms with van der Waals surface area (Å²) in [4.78, 5) is 14.6. The fourth-order valence-corrected chi connectivity index (χ4v) is 4.17. The van der Waals surface area contributed by atoms with Crippen molar-refractivity contribution in [1.29, 1.82) is 0 Å². The number of carbonyl (C=O) groups excluding carboxylic acids is 1. The van der Waals surface area contributed by atoms with Gasteiger partial charge in [0, 0.05) is 35.4 Å². The highest BCUT2D eigenvalue weighted by atomic mass is 79.9. The van der Waals surface area contributed by atoms with Crippen LogP contribution in [0.1, 0.15) is 24.0 Å². The summed E-state index contributed by atoms with van der Waals surface area (Å²) in [5.74, 6) is 0. The molecule has 2 aliphatic rings. The van der Waals surface area contributed by atoms with E-state index in [2.05, 4.69) is 67.9 Å². The van der Waals surface area contributed by atoms with E-state index in [0.29, 0.717) is 0 Å². The van der Waals surface area contributed by atoms with Gasteiger partial charge in [-0.15, -0.1) is 0 Å². The Balaban J connectivity index is 1.53. The largest absolute Gasteiger partial charge is 0.328 e. The zero-order valence-electron chi connectivity index (χ0n) is 13.4. The maximum absolute atomic E-state index is 12.1. The lowest BCUT2D eigenvalue weighted by Crippen LogP contribution is -2.56. The van der Waals surface area contributed by atoms with Crippen molar-refractivity contribution in [3.63, 3.8) is 0 Å². The third-order valence-electron chi connectivity index (χ3n) is 5.06. The number of rotatable bonds is 2. The molecule has 0 atom stereocenters. The summed E-state index contributed by atoms with van der Waals surface area (Å²) in [7, 11) is 0. The molecular weight excluding hydrogens is 366 g/mol. The predicted molar refractivity (Wildman–Crippen MR) is 98.9 cm³/mol. The van der Waals surface area contributed by atoms with Crippen LogP contribution in [0.3, 0.4) is 0 Å². The van der Waals surface area contributed by atoms with Gasteiger partial charge in [-0.2, -0.15) is 0 Å². The molecule has 0 aromatic heterocycles. The fourth-order valence-electron chi connectivity index (χ4n) is 3.80. The molecule has 0 radical (unpaired) electrons. The first kappa shape index (κ1) is 15.7. The highest BCUT2D eigenvalue weighted by Crippen LogP contribution is 2.40. The normalized spacial score (nSPS) is 19.5. The Bertz CT molecular complexity index is 754. The zero-order chi connectivity index (χ0) is 16.6. The van der Waals surface area contributed by atoms with E-state index in [-0.39, 0.29) is 11.6 Å². The summed E-state index contributed by atoms with van der Waals surface area (Å²) < 4.78 is 0.986. The van der Waals surface area contributed by atoms with Gasteiger partial charge in [0.25, 0.3) is 0 Å². The maximum Gasteiger partial charge on any atom is 0.319 e. The first-order chi connectivity index (χ1) is 11.6. The number of benzene rings is 2. The number of piperidine rings is 1. The number of nitrogens with zero attached hydrogens (tertiary/aromatic N) is 1. The first-order valence-corrected chi connectivity index (χ1v) is 9.09. The molecule has 0 aliphatic carbocycles. The molecule has 24 heavy (non-hydrogen) atoms. The van der Waals surface area contributed by atoms with Crippen LogP contribution in [0, 0.1) is 0 Å². The number of nitrogens with one attached hydrogen (secondary N) is 2. The highest BCUT2D eigenvalue weighted by Gasteiger charge is 2.41. The summed E-state index contributed by atoms with van der Waals surface area (Å²) >= 11 is 3.49. The van der Waals surface area contributed by atoms with E-state index in [1.54, 1.807) is 0 Å². The molecule has 2 N–H and O–H groups in total. The van der Waals surface area contributed by atoms with Crippen molar-refractivity contribution >= 4 is 27.6 Å². The molecule has 0 bridgehead atoms. The number of hydrogen-bond acceptors (Lipinski definition) is 2. The van der Waals surface area contributed by atoms with E-state index < -0.39 is 0 Å². The Morgan fingerprint density at radius 3 is 2.58 bits per heavy atom. The number of fused-ring (bicyclic) bond motifs is 2. The minimum atomic E-state index is -0.244. The van der Waals surface area contributed by atoms with E-state index >= 15 is 0 Å². The number of carbonyl (C=O) groups is 1. The molecule has 1 spiro atoms. The minimum absolute atomic E-state index is 0.0999. The molecule has 4 rings (SSSR count). The van der Waals surface area contributed by atoms with Crippen molar-refractivity contribution < 1.29 is 4.79 Å². The summed E-state index contributed by atoms with van der Waals surface area (Å²) in [5.41, 5.74) is 3.22. The number of halogens is 1. The van der Waals surface area contributed by atoms with Gasteiger partial charge in [0.1, 0.15) is 0 Å². The van der Waals surface area contributed by atoms with Crippen LogP contribution in [0.15, 0.2) is 53.0 Å². The third-order valence-corrected chi connectivity index (χ3v) is 5.55. The average Bonchev–Trinajstić information content (AvgIpc) is 2.57. The SMILES string of the molecule is O=C1Nc2cc(Br)ccc2C2(CCN(Cc3ccccc3)CC2)N1. The fraction of sp³-hybridized carbons (Fsp3) is 0.316. The van der Waals surface area contributed by atoms with E-state index in [9.17, 15) is 4.79 Å². The van der Waals surface area contributed by atoms with Crippen molar-refractivity contribution in [2.75, 3.05) is 18.4 Å². The Morgan fingerprint density at radius 1 is 1.08 bits per heavy atom. The van der Waals surface area contributed by atoms with Gasteiger partial charge < -0.3 is 10.6 Å². The van der Waals surface area contributed by atoms with E-state index in [1.165, 1.54) is 11.1 Å². The second-order valence-electron chi connectivity index (χ2n) is 6.61. The monoisotopic (exact) mass is 385 g/mol. The van der Waals surface area contributed by atoms with Gasteiger partial charge in [-0.3, -0.25) is 4.90 Å². The van der Waals surface area contributed by atoms with Crippen molar-refractivity contribution in [1.82, 2.24) is 10.2 Å². The van der Waals surface area contributed by atoms with Crippen LogP contribution >= 0.6 is 15.9 Å². The van der Waals surface area contributed by atoms with Crippen molar-refractivity contribution in [2.24, 2.45) is 0 Å². The van der Waals surface area contributed by atoms with Crippen LogP contribution in [0.5, 0.6) is 0 Å². The van der Waals surface area contributed by atoms with Gasteiger partial charge in [0.2, 0.25) is 0 Å². The topological polar surface area (TPSA) is 44.4 Å². The second-order valence-corrected chi connectivity index (χ2v) is 7.53. The molecule has 0 unspecified atom stereocenters. The molecule has 0 saturated carbocycles. The Kier molecular flexibility index (Phi) is 4.06. The summed E-state index contributed by atoms with van der Waals surface area (Å²) in [6, 6.07) is 16.6. The molecule has 2 aromatic carbocycles. The van der Waals surface area contributed by atoms with Gasteiger partial charge in [-0.05, 0) is 30.5 Å². The molecule has 4 nitrogen and oxygen atoms in total. The molecule has 1 fully saturated rings. The van der Waals surface area contributed by atoms with Crippen LogP contribution in [-0.4, -0.2) is 24.0 Å². The highest BCUT2D eigenvalue weighted by molar-refractivity contribution is 9.10. The number of amides is 2. The molecule has 1 saturated heterocycles. The lowest BCUT2D eigenvalue weighted by atomic mass is 9.79. The minimum Gasteiger partial charge on any atom is -0.328 e. The number of anilines is 1. The summed E-state index contributed by atoms with van der Waals surface area (Å²) in [6.07, 6.45) is 1.86. The molecule has 2 amide bonds. The number of hydrogen-bond donors (Lipinski definition) is 2. The molecule has 2 heterocycles. The van der Waals surface area contributed by atoms with Gasteiger partial charge in [0.05, 0.1) is 5.54 Å². The van der Waals surface area contributed by atoms with Crippen LogP contribution in [0.2, 0.25) is 0 Å². The Morgan fingerprint density at radius 2 is 1.83 bits per heavy atom. The number of likely N-dealkylation sites (tertiary alicyclic amines) is 1. The van der Waals surface area contributed by atoms with Crippen LogP contribution in [0.25, 0.3) is 0 Å². The molecular formula is C19H20BrN3O. The third kappa shape index (κ3) is 2.94. The molecule has 2 aromatic rings. The number of urea groups is 1. The maximum atomic E-state index is 12.1. The summed E-state index contributed by atoms with van der Waals surface area (Å²) in [6.45, 7) is 2.92. The van der Waals surface area contributed by atoms with Gasteiger partial charge in [0.15, 0.2) is 0 Å². The van der Waals surface area contributed by atoms with Crippen molar-refractivity contribution in [3.05, 3.63) is 64.1 Å². The Hall–Kier alpha value is -1.85. The van der Waals surface area contributed by atoms with E-state index in [1.807, 2.05) is 12.1 Å². The first-order valence-electron chi connectivity index (χ1n) is 8.30. The van der Waals surface area contributed by atoms with Crippen molar-refractivity contribution in [3.8, 4) is 0 Å². The standard InChI is InChI=1S/C19H20BrN3O/c20-15-6-7-16-17(12-15)21-18(24)22-19(16)8-10-23(11-9-19)13-14-4-2-1-3-5-14/h1-7,12H,8-11,13H2,(H2,21,22,24). The van der Waals surface area contributed by atoms with Crippen LogP contribution < -0.4 is 10.6 Å². The second kappa shape index (κ2) is 6.22. The van der Waals surface area contributed by atoms with Gasteiger partial charge in [-0.1, -0.05) is 52.3 Å². The van der Waals surface area contributed by atoms with Crippen LogP contribution in [-0.2, 0) is 12.1 Å². The summed E-state index contributed by atoms with van der Waals surface area (Å²) in [5, 5.41) is 6.13. The molecule has 124 valence electrons. The van der Waals surface area contributed by atoms with Crippen LogP contribution in [0.4, 0.5) is 10.5 Å². The average molecular weight is 386 g/mol. The quantitative estimate of drug-likeness (QED) is 0.817. The van der Waals surface area contributed by atoms with Gasteiger partial charge in [-0.25, -0.2) is 4.79 Å². The molecule has 5 heteroatoms. The molecule has 2 aliphatic heterocycles. The zero-order valence-corrected chi connectivity index (χ0v) is 15.0.